The van der Waals surface area contributed by atoms with E-state index in [1.165, 1.54) is 52.7 Å². The fraction of sp³-hybridized carbons (Fsp3) is 0.467. The Morgan fingerprint density at radius 2 is 1.69 bits per heavy atom. The molecule has 0 amide bonds. The second kappa shape index (κ2) is 4.12. The summed E-state index contributed by atoms with van der Waals surface area (Å²) in [6, 6.07) is 0. The second-order valence-electron chi connectivity index (χ2n) is 4.92. The van der Waals surface area contributed by atoms with Gasteiger partial charge in [0.15, 0.2) is 0 Å². The summed E-state index contributed by atoms with van der Waals surface area (Å²) in [4.78, 5) is 0. The van der Waals surface area contributed by atoms with Crippen LogP contribution in [0.3, 0.4) is 0 Å². The van der Waals surface area contributed by atoms with Gasteiger partial charge in [0, 0.05) is 0 Å². The Balaban J connectivity index is 2.80. The van der Waals surface area contributed by atoms with E-state index in [0.717, 1.165) is 5.46 Å². The van der Waals surface area contributed by atoms with Gasteiger partial charge in [0.2, 0.25) is 0 Å². The smallest absolute Gasteiger partial charge is 0.0904 e. The fourth-order valence-electron chi connectivity index (χ4n) is 2.79. The maximum Gasteiger partial charge on any atom is 0.114 e. The number of hydrogen-bond donors (Lipinski definition) is 0. The molecule has 0 fully saturated rings. The third-order valence-electron chi connectivity index (χ3n) is 3.98. The molecular formula is C15H19B. The van der Waals surface area contributed by atoms with Crippen LogP contribution in [-0.4, -0.2) is 7.85 Å². The fourth-order valence-corrected chi connectivity index (χ4v) is 2.79. The third kappa shape index (κ3) is 1.63. The topological polar surface area (TPSA) is 0 Å². The molecule has 0 N–H and O–H groups in total. The van der Waals surface area contributed by atoms with Crippen molar-refractivity contribution in [3.63, 3.8) is 0 Å². The molecule has 1 aliphatic carbocycles. The van der Waals surface area contributed by atoms with Crippen molar-refractivity contribution in [3.8, 4) is 0 Å². The van der Waals surface area contributed by atoms with Crippen LogP contribution in [0.2, 0.25) is 0 Å². The summed E-state index contributed by atoms with van der Waals surface area (Å²) in [6.45, 7) is 8.73. The van der Waals surface area contributed by atoms with E-state index < -0.39 is 0 Å². The number of fused-ring (bicyclic) bond motifs is 1. The first kappa shape index (κ1) is 11.5. The molecule has 0 spiro atoms. The van der Waals surface area contributed by atoms with Crippen molar-refractivity contribution in [1.29, 1.82) is 0 Å². The van der Waals surface area contributed by atoms with E-state index in [1.807, 2.05) is 0 Å². The van der Waals surface area contributed by atoms with Crippen LogP contribution in [0.1, 0.15) is 47.6 Å². The molecule has 0 aromatic heterocycles. The van der Waals surface area contributed by atoms with Gasteiger partial charge in [-0.1, -0.05) is 22.7 Å². The molecule has 0 atom stereocenters. The predicted octanol–water partition coefficient (Wildman–Crippen LogP) is 3.15. The summed E-state index contributed by atoms with van der Waals surface area (Å²) in [5, 5.41) is 0. The van der Waals surface area contributed by atoms with Crippen LogP contribution in [0, 0.1) is 20.8 Å². The van der Waals surface area contributed by atoms with E-state index in [1.54, 1.807) is 0 Å². The number of benzene rings is 1. The number of allylic oxidation sites excluding steroid dienone is 2. The van der Waals surface area contributed by atoms with Gasteiger partial charge < -0.3 is 0 Å². The summed E-state index contributed by atoms with van der Waals surface area (Å²) in [5.41, 5.74) is 9.28. The Labute approximate surface area is 100 Å². The van der Waals surface area contributed by atoms with Crippen LogP contribution in [0.5, 0.6) is 0 Å². The maximum atomic E-state index is 6.18. The highest BCUT2D eigenvalue weighted by molar-refractivity contribution is 6.34. The van der Waals surface area contributed by atoms with E-state index in [2.05, 4.69) is 33.8 Å². The van der Waals surface area contributed by atoms with Crippen LogP contribution in [0.15, 0.2) is 6.08 Å². The second-order valence-corrected chi connectivity index (χ2v) is 4.92. The quantitative estimate of drug-likeness (QED) is 0.577. The summed E-state index contributed by atoms with van der Waals surface area (Å²) < 4.78 is 0. The normalized spacial score (nSPS) is 15.4. The molecule has 0 heterocycles. The maximum absolute atomic E-state index is 6.18. The van der Waals surface area contributed by atoms with E-state index >= 15 is 0 Å². The first-order valence-electron chi connectivity index (χ1n) is 6.09. The van der Waals surface area contributed by atoms with Gasteiger partial charge in [-0.15, -0.1) is 0 Å². The molecule has 16 heavy (non-hydrogen) atoms. The van der Waals surface area contributed by atoms with E-state index in [-0.39, 0.29) is 0 Å². The van der Waals surface area contributed by atoms with Gasteiger partial charge in [-0.3, -0.25) is 0 Å². The first-order valence-corrected chi connectivity index (χ1v) is 6.09. The van der Waals surface area contributed by atoms with Crippen molar-refractivity contribution >= 4 is 18.9 Å². The molecule has 1 aromatic carbocycles. The lowest BCUT2D eigenvalue weighted by Gasteiger charge is -2.20. The van der Waals surface area contributed by atoms with Gasteiger partial charge in [-0.25, -0.2) is 0 Å². The molecule has 1 aromatic rings. The first-order chi connectivity index (χ1) is 7.54. The molecule has 82 valence electrons. The summed E-state index contributed by atoms with van der Waals surface area (Å²) in [6.07, 6.45) is 5.97. The lowest BCUT2D eigenvalue weighted by atomic mass is 9.78. The molecule has 1 aliphatic rings. The highest BCUT2D eigenvalue weighted by Crippen LogP contribution is 2.31. The molecule has 1 heteroatoms. The molecule has 2 radical (unpaired) electrons. The van der Waals surface area contributed by atoms with Crippen LogP contribution < -0.4 is 5.46 Å². The zero-order chi connectivity index (χ0) is 11.9. The van der Waals surface area contributed by atoms with Gasteiger partial charge in [0.05, 0.1) is 0 Å². The van der Waals surface area contributed by atoms with Gasteiger partial charge >= 0.3 is 0 Å². The van der Waals surface area contributed by atoms with Gasteiger partial charge in [0.25, 0.3) is 0 Å². The van der Waals surface area contributed by atoms with Crippen molar-refractivity contribution in [2.45, 2.75) is 47.0 Å². The SMILES string of the molecule is [B]c1c(C)c(C)c2c(c1C)CCCC=C2C. The van der Waals surface area contributed by atoms with Gasteiger partial charge in [-0.2, -0.15) is 0 Å². The lowest BCUT2D eigenvalue weighted by Crippen LogP contribution is -2.18. The highest BCUT2D eigenvalue weighted by atomic mass is 14.2. The van der Waals surface area contributed by atoms with Gasteiger partial charge in [0.1, 0.15) is 7.85 Å². The Morgan fingerprint density at radius 3 is 2.38 bits per heavy atom. The Morgan fingerprint density at radius 1 is 1.00 bits per heavy atom. The average Bonchev–Trinajstić information content (AvgIpc) is 2.45. The van der Waals surface area contributed by atoms with Crippen LogP contribution in [0.4, 0.5) is 0 Å². The predicted molar refractivity (Wildman–Crippen MR) is 72.6 cm³/mol. The summed E-state index contributed by atoms with van der Waals surface area (Å²) in [5.74, 6) is 0. The Bertz CT molecular complexity index is 467. The van der Waals surface area contributed by atoms with Crippen LogP contribution in [0.25, 0.3) is 5.57 Å². The monoisotopic (exact) mass is 210 g/mol. The molecular weight excluding hydrogens is 191 g/mol. The highest BCUT2D eigenvalue weighted by Gasteiger charge is 2.16. The Kier molecular flexibility index (Phi) is 2.97. The van der Waals surface area contributed by atoms with Crippen LogP contribution in [-0.2, 0) is 6.42 Å². The zero-order valence-electron chi connectivity index (χ0n) is 10.8. The molecule has 0 aliphatic heterocycles. The minimum absolute atomic E-state index is 0.992. The van der Waals surface area contributed by atoms with E-state index in [4.69, 9.17) is 7.85 Å². The van der Waals surface area contributed by atoms with Crippen molar-refractivity contribution in [1.82, 2.24) is 0 Å². The molecule has 0 nitrogen and oxygen atoms in total. The third-order valence-corrected chi connectivity index (χ3v) is 3.98. The average molecular weight is 210 g/mol. The van der Waals surface area contributed by atoms with Crippen LogP contribution >= 0.6 is 0 Å². The molecule has 0 saturated carbocycles. The largest absolute Gasteiger partial charge is 0.114 e. The van der Waals surface area contributed by atoms with E-state index in [0.29, 0.717) is 0 Å². The standard InChI is InChI=1S/C15H19B/c1-9-7-5-6-8-13-12(4)15(16)11(3)10(2)14(9)13/h7H,5-6,8H2,1-4H3. The Hall–Kier alpha value is -0.975. The zero-order valence-corrected chi connectivity index (χ0v) is 10.8. The minimum atomic E-state index is 0.992. The van der Waals surface area contributed by atoms with Crippen molar-refractivity contribution < 1.29 is 0 Å². The van der Waals surface area contributed by atoms with E-state index in [9.17, 15) is 0 Å². The van der Waals surface area contributed by atoms with Crippen molar-refractivity contribution in [2.75, 3.05) is 0 Å². The lowest BCUT2D eigenvalue weighted by molar-refractivity contribution is 0.846. The van der Waals surface area contributed by atoms with Gasteiger partial charge in [-0.05, 0) is 69.2 Å². The molecule has 2 rings (SSSR count). The molecule has 0 saturated heterocycles. The summed E-state index contributed by atoms with van der Waals surface area (Å²) >= 11 is 0. The number of rotatable bonds is 0. The number of hydrogen-bond acceptors (Lipinski definition) is 0. The summed E-state index contributed by atoms with van der Waals surface area (Å²) in [7, 11) is 6.18. The molecule has 0 unspecified atom stereocenters. The van der Waals surface area contributed by atoms with Crippen molar-refractivity contribution in [2.24, 2.45) is 0 Å². The van der Waals surface area contributed by atoms with Crippen molar-refractivity contribution in [3.05, 3.63) is 33.9 Å². The minimum Gasteiger partial charge on any atom is -0.0904 e. The molecule has 0 bridgehead atoms.